The van der Waals surface area contributed by atoms with Crippen LogP contribution in [0.15, 0.2) is 52.1 Å². The number of esters is 1. The van der Waals surface area contributed by atoms with Crippen molar-refractivity contribution in [2.45, 2.75) is 25.2 Å². The lowest BCUT2D eigenvalue weighted by atomic mass is 9.73. The highest BCUT2D eigenvalue weighted by Crippen LogP contribution is 2.42. The van der Waals surface area contributed by atoms with Gasteiger partial charge in [0.2, 0.25) is 0 Å². The maximum absolute atomic E-state index is 13.1. The fourth-order valence-corrected chi connectivity index (χ4v) is 4.02. The van der Waals surface area contributed by atoms with Crippen molar-refractivity contribution in [1.82, 2.24) is 14.3 Å². The van der Waals surface area contributed by atoms with Crippen LogP contribution >= 0.6 is 0 Å². The summed E-state index contributed by atoms with van der Waals surface area (Å²) in [7, 11) is 4.76. The lowest BCUT2D eigenvalue weighted by molar-refractivity contribution is 0.0603. The molecule has 0 N–H and O–H groups in total. The molecule has 1 atom stereocenters. The molecule has 0 aromatic carbocycles. The zero-order valence-electron chi connectivity index (χ0n) is 16.9. The first-order chi connectivity index (χ1) is 13.9. The van der Waals surface area contributed by atoms with Gasteiger partial charge in [0.05, 0.1) is 18.9 Å². The van der Waals surface area contributed by atoms with Crippen molar-refractivity contribution in [3.05, 3.63) is 64.4 Å². The number of aromatic nitrogens is 3. The molecular formula is C22H23N3O4. The van der Waals surface area contributed by atoms with Crippen molar-refractivity contribution in [1.29, 1.82) is 0 Å². The molecule has 4 rings (SSSR count). The van der Waals surface area contributed by atoms with Crippen LogP contribution in [-0.4, -0.2) is 27.4 Å². The van der Waals surface area contributed by atoms with Crippen LogP contribution in [0.2, 0.25) is 0 Å². The van der Waals surface area contributed by atoms with Crippen molar-refractivity contribution in [3.63, 3.8) is 0 Å². The van der Waals surface area contributed by atoms with E-state index >= 15 is 0 Å². The van der Waals surface area contributed by atoms with Crippen LogP contribution in [0.5, 0.6) is 0 Å². The average molecular weight is 393 g/mol. The molecule has 1 unspecified atom stereocenters. The fraction of sp³-hybridized carbons (Fsp3) is 0.318. The molecule has 0 bridgehead atoms. The number of hydrogen-bond donors (Lipinski definition) is 0. The molecule has 0 spiro atoms. The van der Waals surface area contributed by atoms with E-state index in [0.29, 0.717) is 16.9 Å². The van der Waals surface area contributed by atoms with Crippen LogP contribution in [0.3, 0.4) is 0 Å². The van der Waals surface area contributed by atoms with E-state index in [1.807, 2.05) is 18.3 Å². The summed E-state index contributed by atoms with van der Waals surface area (Å²) in [5.41, 5.74) is 1.42. The first kappa shape index (κ1) is 19.0. The Kier molecular flexibility index (Phi) is 4.53. The van der Waals surface area contributed by atoms with Crippen molar-refractivity contribution in [3.8, 4) is 11.3 Å². The number of carbonyl (C=O) groups is 1. The number of ether oxygens (including phenoxy) is 1. The summed E-state index contributed by atoms with van der Waals surface area (Å²) >= 11 is 0. The molecule has 3 aromatic heterocycles. The van der Waals surface area contributed by atoms with Gasteiger partial charge in [-0.1, -0.05) is 31.2 Å². The Labute approximate surface area is 167 Å². The minimum atomic E-state index is -0.610. The predicted molar refractivity (Wildman–Crippen MR) is 110 cm³/mol. The molecule has 0 amide bonds. The van der Waals surface area contributed by atoms with Gasteiger partial charge in [0.15, 0.2) is 5.76 Å². The second kappa shape index (κ2) is 6.92. The molecule has 1 aliphatic carbocycles. The molecule has 1 aliphatic rings. The maximum atomic E-state index is 13.1. The first-order valence-electron chi connectivity index (χ1n) is 9.50. The molecule has 0 saturated carbocycles. The van der Waals surface area contributed by atoms with Crippen molar-refractivity contribution in [2.75, 3.05) is 7.11 Å². The number of fused-ring (bicyclic) bond motifs is 1. The molecule has 0 aliphatic heterocycles. The monoisotopic (exact) mass is 393 g/mol. The van der Waals surface area contributed by atoms with E-state index in [1.54, 1.807) is 31.2 Å². The molecular weight excluding hydrogens is 370 g/mol. The van der Waals surface area contributed by atoms with Crippen molar-refractivity contribution < 1.29 is 13.9 Å². The Morgan fingerprint density at radius 2 is 2.10 bits per heavy atom. The van der Waals surface area contributed by atoms with Gasteiger partial charge in [0.25, 0.3) is 5.56 Å². The zero-order valence-corrected chi connectivity index (χ0v) is 16.9. The second-order valence-electron chi connectivity index (χ2n) is 7.36. The number of allylic oxidation sites excluding steroid dienone is 4. The summed E-state index contributed by atoms with van der Waals surface area (Å²) in [5.74, 6) is -0.312. The van der Waals surface area contributed by atoms with E-state index in [4.69, 9.17) is 9.15 Å². The third-order valence-electron chi connectivity index (χ3n) is 5.68. The zero-order chi connectivity index (χ0) is 20.8. The first-order valence-corrected chi connectivity index (χ1v) is 9.50. The van der Waals surface area contributed by atoms with Gasteiger partial charge < -0.3 is 13.7 Å². The highest BCUT2D eigenvalue weighted by molar-refractivity contribution is 6.09. The quantitative estimate of drug-likeness (QED) is 0.634. The van der Waals surface area contributed by atoms with E-state index in [1.165, 1.54) is 11.7 Å². The summed E-state index contributed by atoms with van der Waals surface area (Å²) in [6, 6.07) is 0. The molecule has 3 heterocycles. The smallest absolute Gasteiger partial charge is 0.342 e. The summed E-state index contributed by atoms with van der Waals surface area (Å²) < 4.78 is 14.4. The lowest BCUT2D eigenvalue weighted by Gasteiger charge is -2.30. The number of hydrogen-bond acceptors (Lipinski definition) is 5. The molecule has 0 radical (unpaired) electrons. The highest BCUT2D eigenvalue weighted by atomic mass is 16.5. The summed E-state index contributed by atoms with van der Waals surface area (Å²) in [4.78, 5) is 25.8. The predicted octanol–water partition coefficient (Wildman–Crippen LogP) is 3.48. The van der Waals surface area contributed by atoms with E-state index < -0.39 is 5.97 Å². The van der Waals surface area contributed by atoms with Gasteiger partial charge >= 0.3 is 5.97 Å². The Bertz CT molecular complexity index is 1220. The summed E-state index contributed by atoms with van der Waals surface area (Å²) in [5, 5.41) is 4.41. The number of carbonyl (C=O) groups excluding carboxylic acids is 1. The van der Waals surface area contributed by atoms with Gasteiger partial charge in [-0.3, -0.25) is 9.48 Å². The molecule has 0 saturated heterocycles. The minimum absolute atomic E-state index is 0.138. The van der Waals surface area contributed by atoms with Gasteiger partial charge in [-0.25, -0.2) is 4.79 Å². The lowest BCUT2D eigenvalue weighted by Crippen LogP contribution is -2.27. The Hall–Kier alpha value is -3.35. The third kappa shape index (κ3) is 2.85. The number of aryl methyl sites for hydroxylation is 2. The van der Waals surface area contributed by atoms with Crippen LogP contribution < -0.4 is 5.56 Å². The van der Waals surface area contributed by atoms with E-state index in [0.717, 1.165) is 18.4 Å². The third-order valence-corrected chi connectivity index (χ3v) is 5.68. The standard InChI is InChI=1S/C22H23N3O4/c1-5-22(9-7-6-8-10-22)15-13-24(2)20(26)16-17(21(27)28-4)18(29-19(15)16)14-11-23-25(3)12-14/h6-9,11-13H,5,10H2,1-4H3. The van der Waals surface area contributed by atoms with Gasteiger partial charge in [0, 0.05) is 37.5 Å². The Morgan fingerprint density at radius 3 is 2.69 bits per heavy atom. The number of pyridine rings is 1. The van der Waals surface area contributed by atoms with Crippen LogP contribution in [0.1, 0.15) is 35.7 Å². The summed E-state index contributed by atoms with van der Waals surface area (Å²) in [6.45, 7) is 2.10. The van der Waals surface area contributed by atoms with Crippen molar-refractivity contribution in [2.24, 2.45) is 14.1 Å². The molecule has 0 fully saturated rings. The molecule has 7 nitrogen and oxygen atoms in total. The van der Waals surface area contributed by atoms with Crippen LogP contribution in [0.4, 0.5) is 0 Å². The average Bonchev–Trinajstić information content (AvgIpc) is 3.34. The molecule has 29 heavy (non-hydrogen) atoms. The maximum Gasteiger partial charge on any atom is 0.342 e. The van der Waals surface area contributed by atoms with Crippen LogP contribution in [-0.2, 0) is 24.2 Å². The van der Waals surface area contributed by atoms with Gasteiger partial charge in [-0.15, -0.1) is 0 Å². The van der Waals surface area contributed by atoms with Crippen molar-refractivity contribution >= 4 is 16.9 Å². The Balaban J connectivity index is 2.13. The summed E-state index contributed by atoms with van der Waals surface area (Å²) in [6.07, 6.45) is 15.0. The van der Waals surface area contributed by atoms with E-state index in [-0.39, 0.29) is 21.9 Å². The van der Waals surface area contributed by atoms with E-state index in [9.17, 15) is 9.59 Å². The van der Waals surface area contributed by atoms with Crippen LogP contribution in [0, 0.1) is 0 Å². The van der Waals surface area contributed by atoms with Gasteiger partial charge in [-0.2, -0.15) is 5.10 Å². The molecule has 7 heteroatoms. The van der Waals surface area contributed by atoms with Gasteiger partial charge in [0.1, 0.15) is 16.5 Å². The Morgan fingerprint density at radius 1 is 1.31 bits per heavy atom. The molecule has 150 valence electrons. The van der Waals surface area contributed by atoms with Crippen LogP contribution in [0.25, 0.3) is 22.3 Å². The second-order valence-corrected chi connectivity index (χ2v) is 7.36. The highest BCUT2D eigenvalue weighted by Gasteiger charge is 2.35. The topological polar surface area (TPSA) is 79.3 Å². The number of furan rings is 1. The number of methoxy groups -OCH3 is 1. The normalized spacial score (nSPS) is 18.5. The molecule has 3 aromatic rings. The fourth-order valence-electron chi connectivity index (χ4n) is 4.02. The van der Waals surface area contributed by atoms with Gasteiger partial charge in [-0.05, 0) is 12.8 Å². The number of rotatable bonds is 4. The largest absolute Gasteiger partial charge is 0.465 e. The minimum Gasteiger partial charge on any atom is -0.465 e. The SMILES string of the molecule is CCC1(c2cn(C)c(=O)c3c(C(=O)OC)c(-c4cnn(C)c4)oc23)C=CC=CC1. The van der Waals surface area contributed by atoms with E-state index in [2.05, 4.69) is 24.2 Å². The number of nitrogens with zero attached hydrogens (tertiary/aromatic N) is 3.